The maximum atomic E-state index is 14.7. The number of hydrogen-bond donors (Lipinski definition) is 0. The molecule has 2 aliphatic rings. The molecule has 4 rings (SSSR count). The van der Waals surface area contributed by atoms with E-state index in [0.717, 1.165) is 29.8 Å². The first-order valence-corrected chi connectivity index (χ1v) is 9.96. The minimum absolute atomic E-state index is 0.0566. The van der Waals surface area contributed by atoms with E-state index in [4.69, 9.17) is 16.3 Å². The zero-order chi connectivity index (χ0) is 20.6. The van der Waals surface area contributed by atoms with Crippen molar-refractivity contribution >= 4 is 28.7 Å². The molecule has 0 bridgehead atoms. The highest BCUT2D eigenvalue weighted by atomic mass is 35.5. The van der Waals surface area contributed by atoms with Crippen LogP contribution in [0.3, 0.4) is 0 Å². The van der Waals surface area contributed by atoms with E-state index in [9.17, 15) is 13.6 Å². The van der Waals surface area contributed by atoms with E-state index in [-0.39, 0.29) is 17.3 Å². The predicted molar refractivity (Wildman–Crippen MR) is 102 cm³/mol. The van der Waals surface area contributed by atoms with Crippen molar-refractivity contribution in [2.75, 3.05) is 7.11 Å². The first-order valence-electron chi connectivity index (χ1n) is 8.76. The Morgan fingerprint density at radius 1 is 1.48 bits per heavy atom. The summed E-state index contributed by atoms with van der Waals surface area (Å²) in [4.78, 5) is 15.7. The van der Waals surface area contributed by atoms with Gasteiger partial charge >= 0.3 is 5.30 Å². The van der Waals surface area contributed by atoms with Crippen LogP contribution in [0, 0.1) is 11.6 Å². The number of thioether (sulfide) groups is 1. The topological polar surface area (TPSA) is 69.5 Å². The second kappa shape index (κ2) is 7.89. The molecule has 6 nitrogen and oxygen atoms in total. The van der Waals surface area contributed by atoms with Crippen molar-refractivity contribution in [3.8, 4) is 0 Å². The molecule has 2 heterocycles. The molecule has 29 heavy (non-hydrogen) atoms. The lowest BCUT2D eigenvalue weighted by atomic mass is 9.89. The number of carbonyl (C=O) groups is 1. The van der Waals surface area contributed by atoms with Crippen LogP contribution in [0.4, 0.5) is 13.6 Å². The van der Waals surface area contributed by atoms with Crippen molar-refractivity contribution in [3.05, 3.63) is 64.5 Å². The van der Waals surface area contributed by atoms with Gasteiger partial charge in [-0.15, -0.1) is 0 Å². The number of halogens is 3. The normalized spacial score (nSPS) is 23.4. The lowest BCUT2D eigenvalue weighted by Crippen LogP contribution is -2.25. The van der Waals surface area contributed by atoms with Gasteiger partial charge < -0.3 is 9.47 Å². The molecular weight excluding hydrogens is 424 g/mol. The van der Waals surface area contributed by atoms with Crippen LogP contribution in [0.5, 0.6) is 0 Å². The van der Waals surface area contributed by atoms with Gasteiger partial charge in [-0.1, -0.05) is 29.8 Å². The summed E-state index contributed by atoms with van der Waals surface area (Å²) in [6, 6.07) is 3.35. The minimum atomic E-state index is -1.16. The second-order valence-electron chi connectivity index (χ2n) is 6.57. The van der Waals surface area contributed by atoms with Gasteiger partial charge in [0.15, 0.2) is 5.16 Å². The van der Waals surface area contributed by atoms with Gasteiger partial charge in [-0.05, 0) is 24.5 Å². The number of carbonyl (C=O) groups excluding carboxylic acids is 1. The van der Waals surface area contributed by atoms with Gasteiger partial charge in [-0.3, -0.25) is 0 Å². The van der Waals surface area contributed by atoms with Crippen molar-refractivity contribution in [2.24, 2.45) is 0 Å². The Hall–Kier alpha value is -2.23. The fraction of sp³-hybridized carbons (Fsp3) is 0.316. The summed E-state index contributed by atoms with van der Waals surface area (Å²) in [6.07, 6.45) is 6.07. The van der Waals surface area contributed by atoms with Gasteiger partial charge in [0.1, 0.15) is 29.7 Å². The molecule has 1 aromatic heterocycles. The summed E-state index contributed by atoms with van der Waals surface area (Å²) in [5.41, 5.74) is -0.220. The number of benzene rings is 1. The van der Waals surface area contributed by atoms with Gasteiger partial charge in [0, 0.05) is 28.4 Å². The fourth-order valence-electron chi connectivity index (χ4n) is 3.40. The van der Waals surface area contributed by atoms with Crippen molar-refractivity contribution in [1.82, 2.24) is 14.8 Å². The van der Waals surface area contributed by atoms with Crippen molar-refractivity contribution in [3.63, 3.8) is 0 Å². The highest BCUT2D eigenvalue weighted by Gasteiger charge is 2.61. The third-order valence-electron chi connectivity index (χ3n) is 4.81. The summed E-state index contributed by atoms with van der Waals surface area (Å²) < 4.78 is 40.3. The molecule has 1 aromatic carbocycles. The Morgan fingerprint density at radius 3 is 3.03 bits per heavy atom. The molecule has 0 amide bonds. The highest BCUT2D eigenvalue weighted by Crippen LogP contribution is 2.54. The average molecular weight is 440 g/mol. The molecule has 2 atom stereocenters. The van der Waals surface area contributed by atoms with Gasteiger partial charge in [0.25, 0.3) is 0 Å². The van der Waals surface area contributed by atoms with E-state index >= 15 is 0 Å². The molecule has 2 unspecified atom stereocenters. The summed E-state index contributed by atoms with van der Waals surface area (Å²) in [6.45, 7) is 0.0566. The molecule has 0 saturated carbocycles. The number of nitrogens with zero attached hydrogens (tertiary/aromatic N) is 3. The summed E-state index contributed by atoms with van der Waals surface area (Å²) in [5.74, 6) is -1.41. The summed E-state index contributed by atoms with van der Waals surface area (Å²) in [5, 5.41) is 4.49. The SMILES string of the molecule is COC(=O)Sc1ncnn1CC1(c2ccc(F)cc2F)OC1C1=C(Cl)CCC=C1. The molecule has 0 radical (unpaired) electrons. The smallest absolute Gasteiger partial charge is 0.374 e. The van der Waals surface area contributed by atoms with Gasteiger partial charge in [0.05, 0.1) is 13.7 Å². The van der Waals surface area contributed by atoms with Crippen LogP contribution in [0.2, 0.25) is 0 Å². The van der Waals surface area contributed by atoms with E-state index in [1.807, 2.05) is 12.2 Å². The molecule has 152 valence electrons. The molecule has 1 fully saturated rings. The van der Waals surface area contributed by atoms with Gasteiger partial charge in [-0.2, -0.15) is 5.10 Å². The molecular formula is C19H16ClF2N3O3S. The second-order valence-corrected chi connectivity index (χ2v) is 7.93. The number of rotatable bonds is 5. The van der Waals surface area contributed by atoms with Crippen LogP contribution in [0.1, 0.15) is 18.4 Å². The molecule has 1 saturated heterocycles. The Balaban J connectivity index is 1.73. The van der Waals surface area contributed by atoms with E-state index < -0.39 is 28.6 Å². The zero-order valence-corrected chi connectivity index (χ0v) is 16.8. The molecule has 10 heteroatoms. The highest BCUT2D eigenvalue weighted by molar-refractivity contribution is 8.13. The first-order chi connectivity index (χ1) is 13.9. The number of ether oxygens (including phenoxy) is 2. The van der Waals surface area contributed by atoms with Gasteiger partial charge in [-0.25, -0.2) is 23.2 Å². The largest absolute Gasteiger partial charge is 0.461 e. The van der Waals surface area contributed by atoms with Crippen LogP contribution in [0.25, 0.3) is 0 Å². The Labute approximate surface area is 174 Å². The molecule has 0 N–H and O–H groups in total. The maximum Gasteiger partial charge on any atom is 0.374 e. The number of methoxy groups -OCH3 is 1. The van der Waals surface area contributed by atoms with Crippen molar-refractivity contribution < 1.29 is 23.0 Å². The fourth-order valence-corrected chi connectivity index (χ4v) is 4.22. The van der Waals surface area contributed by atoms with Gasteiger partial charge in [0.2, 0.25) is 0 Å². The van der Waals surface area contributed by atoms with Crippen LogP contribution < -0.4 is 0 Å². The van der Waals surface area contributed by atoms with Crippen LogP contribution in [-0.4, -0.2) is 33.3 Å². The number of epoxide rings is 1. The lowest BCUT2D eigenvalue weighted by molar-refractivity contribution is 0.200. The summed E-state index contributed by atoms with van der Waals surface area (Å²) >= 11 is 7.14. The van der Waals surface area contributed by atoms with Crippen LogP contribution in [0.15, 0.2) is 52.4 Å². The van der Waals surface area contributed by atoms with E-state index in [2.05, 4.69) is 14.8 Å². The molecule has 1 aliphatic heterocycles. The molecule has 1 aliphatic carbocycles. The van der Waals surface area contributed by atoms with E-state index in [1.54, 1.807) is 0 Å². The predicted octanol–water partition coefficient (Wildman–Crippen LogP) is 4.55. The average Bonchev–Trinajstić information content (AvgIpc) is 3.24. The van der Waals surface area contributed by atoms with Crippen LogP contribution in [-0.2, 0) is 21.6 Å². The Kier molecular flexibility index (Phi) is 5.46. The van der Waals surface area contributed by atoms with E-state index in [1.165, 1.54) is 30.3 Å². The first kappa shape index (κ1) is 20.1. The minimum Gasteiger partial charge on any atom is -0.461 e. The standard InChI is InChI=1S/C19H16ClF2N3O3S/c1-27-18(26)29-17-23-10-24-25(17)9-19(13-7-6-11(21)8-15(13)22)16(28-19)12-4-2-3-5-14(12)20/h2,4,6-8,10,16H,3,5,9H2,1H3. The maximum absolute atomic E-state index is 14.7. The number of aromatic nitrogens is 3. The quantitative estimate of drug-likeness (QED) is 0.386. The Bertz CT molecular complexity index is 1030. The Morgan fingerprint density at radius 2 is 2.31 bits per heavy atom. The third kappa shape index (κ3) is 3.82. The monoisotopic (exact) mass is 439 g/mol. The number of hydrogen-bond acceptors (Lipinski definition) is 6. The number of allylic oxidation sites excluding steroid dienone is 2. The lowest BCUT2D eigenvalue weighted by Gasteiger charge is -2.17. The third-order valence-corrected chi connectivity index (χ3v) is 6.05. The van der Waals surface area contributed by atoms with Crippen LogP contribution >= 0.6 is 23.4 Å². The zero-order valence-electron chi connectivity index (χ0n) is 15.3. The van der Waals surface area contributed by atoms with Crippen molar-refractivity contribution in [1.29, 1.82) is 0 Å². The summed E-state index contributed by atoms with van der Waals surface area (Å²) in [7, 11) is 1.26. The van der Waals surface area contributed by atoms with E-state index in [0.29, 0.717) is 11.5 Å². The van der Waals surface area contributed by atoms with Crippen molar-refractivity contribution in [2.45, 2.75) is 36.2 Å². The molecule has 0 spiro atoms. The molecule has 2 aromatic rings.